The molecule has 3 aromatic rings. The molecule has 0 aromatic heterocycles. The van der Waals surface area contributed by atoms with E-state index in [0.717, 1.165) is 11.1 Å². The van der Waals surface area contributed by atoms with Crippen LogP contribution in [0.2, 0.25) is 5.02 Å². The van der Waals surface area contributed by atoms with E-state index in [4.69, 9.17) is 21.1 Å². The van der Waals surface area contributed by atoms with Gasteiger partial charge in [-0.05, 0) is 63.5 Å². The van der Waals surface area contributed by atoms with Crippen LogP contribution >= 0.6 is 27.5 Å². The van der Waals surface area contributed by atoms with Crippen molar-refractivity contribution < 1.29 is 18.3 Å². The average molecular weight is 483 g/mol. The third kappa shape index (κ3) is 5.69. The third-order valence-electron chi connectivity index (χ3n) is 4.28. The molecule has 0 amide bonds. The molecule has 0 spiro atoms. The maximum absolute atomic E-state index is 14.0. The number of ether oxygens (including phenoxy) is 2. The molecule has 0 saturated carbocycles. The zero-order valence-corrected chi connectivity index (χ0v) is 18.0. The number of halogens is 4. The second-order valence-corrected chi connectivity index (χ2v) is 7.59. The molecule has 7 heteroatoms. The summed E-state index contributed by atoms with van der Waals surface area (Å²) in [6.07, 6.45) is 0. The Kier molecular flexibility index (Phi) is 7.47. The van der Waals surface area contributed by atoms with E-state index >= 15 is 0 Å². The monoisotopic (exact) mass is 481 g/mol. The number of hydrogen-bond donors (Lipinski definition) is 1. The van der Waals surface area contributed by atoms with Crippen molar-refractivity contribution in [3.05, 3.63) is 92.4 Å². The van der Waals surface area contributed by atoms with Gasteiger partial charge >= 0.3 is 0 Å². The van der Waals surface area contributed by atoms with Gasteiger partial charge in [-0.1, -0.05) is 29.8 Å². The first-order valence-corrected chi connectivity index (χ1v) is 10.0. The van der Waals surface area contributed by atoms with Gasteiger partial charge in [-0.25, -0.2) is 8.78 Å². The molecule has 0 fully saturated rings. The number of nitrogens with one attached hydrogen (secondary N) is 1. The summed E-state index contributed by atoms with van der Waals surface area (Å²) in [5.74, 6) is 0.309. The Hall–Kier alpha value is -2.15. The molecule has 1 N–H and O–H groups in total. The second-order valence-electron chi connectivity index (χ2n) is 6.33. The number of hydrogen-bond acceptors (Lipinski definition) is 3. The van der Waals surface area contributed by atoms with E-state index < -0.39 is 5.82 Å². The van der Waals surface area contributed by atoms with Gasteiger partial charge in [0.2, 0.25) is 0 Å². The standard InChI is InChI=1S/C22H19BrClF2NO2/c1-28-21-10-15(12-27-11-14-5-7-16(25)8-6-14)9-18(23)22(21)29-13-17-19(24)3-2-4-20(17)26/h2-10,27H,11-13H2,1H3. The molecule has 152 valence electrons. The van der Waals surface area contributed by atoms with Crippen molar-refractivity contribution in [3.8, 4) is 11.5 Å². The van der Waals surface area contributed by atoms with Gasteiger partial charge in [-0.15, -0.1) is 0 Å². The summed E-state index contributed by atoms with van der Waals surface area (Å²) in [6, 6.07) is 14.6. The van der Waals surface area contributed by atoms with Crippen molar-refractivity contribution in [1.29, 1.82) is 0 Å². The Morgan fingerprint density at radius 2 is 1.72 bits per heavy atom. The van der Waals surface area contributed by atoms with Crippen LogP contribution in [0.5, 0.6) is 11.5 Å². The van der Waals surface area contributed by atoms with Gasteiger partial charge in [-0.2, -0.15) is 0 Å². The third-order valence-corrected chi connectivity index (χ3v) is 5.23. The lowest BCUT2D eigenvalue weighted by molar-refractivity contribution is 0.277. The first-order valence-electron chi connectivity index (χ1n) is 8.85. The van der Waals surface area contributed by atoms with Gasteiger partial charge < -0.3 is 14.8 Å². The Morgan fingerprint density at radius 1 is 1.00 bits per heavy atom. The second kappa shape index (κ2) is 10.1. The van der Waals surface area contributed by atoms with Crippen molar-refractivity contribution >= 4 is 27.5 Å². The fourth-order valence-electron chi connectivity index (χ4n) is 2.78. The first kappa shape index (κ1) is 21.6. The van der Waals surface area contributed by atoms with E-state index in [1.165, 1.54) is 18.2 Å². The number of methoxy groups -OCH3 is 1. The van der Waals surface area contributed by atoms with Gasteiger partial charge in [0, 0.05) is 18.7 Å². The maximum atomic E-state index is 14.0. The van der Waals surface area contributed by atoms with Crippen LogP contribution in [0.1, 0.15) is 16.7 Å². The molecule has 0 unspecified atom stereocenters. The molecule has 29 heavy (non-hydrogen) atoms. The molecule has 0 aliphatic rings. The molecule has 0 saturated heterocycles. The van der Waals surface area contributed by atoms with E-state index in [1.807, 2.05) is 12.1 Å². The average Bonchev–Trinajstić information content (AvgIpc) is 2.70. The van der Waals surface area contributed by atoms with Crippen molar-refractivity contribution in [3.63, 3.8) is 0 Å². The van der Waals surface area contributed by atoms with Crippen LogP contribution in [0, 0.1) is 11.6 Å². The molecule has 3 nitrogen and oxygen atoms in total. The topological polar surface area (TPSA) is 30.5 Å². The zero-order chi connectivity index (χ0) is 20.8. The van der Waals surface area contributed by atoms with Crippen LogP contribution in [0.25, 0.3) is 0 Å². The summed E-state index contributed by atoms with van der Waals surface area (Å²) in [5.41, 5.74) is 2.24. The van der Waals surface area contributed by atoms with E-state index in [-0.39, 0.29) is 18.0 Å². The van der Waals surface area contributed by atoms with E-state index in [0.29, 0.717) is 34.1 Å². The van der Waals surface area contributed by atoms with Gasteiger partial charge in [0.05, 0.1) is 16.6 Å². The summed E-state index contributed by atoms with van der Waals surface area (Å²) in [5, 5.41) is 3.61. The van der Waals surface area contributed by atoms with Crippen molar-refractivity contribution in [2.75, 3.05) is 7.11 Å². The molecule has 0 bridgehead atoms. The highest BCUT2D eigenvalue weighted by molar-refractivity contribution is 9.10. The molecule has 0 radical (unpaired) electrons. The predicted octanol–water partition coefficient (Wildman–Crippen LogP) is 6.26. The lowest BCUT2D eigenvalue weighted by atomic mass is 10.1. The molecule has 3 rings (SSSR count). The van der Waals surface area contributed by atoms with Crippen molar-refractivity contribution in [2.24, 2.45) is 0 Å². The van der Waals surface area contributed by atoms with Crippen LogP contribution < -0.4 is 14.8 Å². The molecule has 0 heterocycles. The fourth-order valence-corrected chi connectivity index (χ4v) is 3.60. The number of benzene rings is 3. The van der Waals surface area contributed by atoms with E-state index in [9.17, 15) is 8.78 Å². The van der Waals surface area contributed by atoms with Crippen molar-refractivity contribution in [2.45, 2.75) is 19.7 Å². The minimum atomic E-state index is -0.422. The Balaban J connectivity index is 1.67. The quantitative estimate of drug-likeness (QED) is 0.411. The van der Waals surface area contributed by atoms with E-state index in [2.05, 4.69) is 21.2 Å². The summed E-state index contributed by atoms with van der Waals surface area (Å²) in [4.78, 5) is 0. The Labute approximate surface area is 181 Å². The highest BCUT2D eigenvalue weighted by atomic mass is 79.9. The molecule has 0 aliphatic carbocycles. The lowest BCUT2D eigenvalue weighted by Gasteiger charge is -2.15. The number of rotatable bonds is 8. The van der Waals surface area contributed by atoms with Crippen LogP contribution in [-0.2, 0) is 19.7 Å². The van der Waals surface area contributed by atoms with Gasteiger partial charge in [0.25, 0.3) is 0 Å². The van der Waals surface area contributed by atoms with Gasteiger partial charge in [0.1, 0.15) is 18.2 Å². The highest BCUT2D eigenvalue weighted by Gasteiger charge is 2.14. The fraction of sp³-hybridized carbons (Fsp3) is 0.182. The predicted molar refractivity (Wildman–Crippen MR) is 113 cm³/mol. The minimum absolute atomic E-state index is 0.0252. The zero-order valence-electron chi connectivity index (χ0n) is 15.6. The van der Waals surface area contributed by atoms with E-state index in [1.54, 1.807) is 31.4 Å². The Morgan fingerprint density at radius 3 is 2.41 bits per heavy atom. The van der Waals surface area contributed by atoms with Crippen molar-refractivity contribution in [1.82, 2.24) is 5.32 Å². The molecule has 3 aromatic carbocycles. The minimum Gasteiger partial charge on any atom is -0.493 e. The smallest absolute Gasteiger partial charge is 0.175 e. The van der Waals surface area contributed by atoms with Crippen LogP contribution in [-0.4, -0.2) is 7.11 Å². The largest absolute Gasteiger partial charge is 0.493 e. The van der Waals surface area contributed by atoms with Gasteiger partial charge in [-0.3, -0.25) is 0 Å². The first-order chi connectivity index (χ1) is 14.0. The summed E-state index contributed by atoms with van der Waals surface area (Å²) in [7, 11) is 1.54. The van der Waals surface area contributed by atoms with Crippen LogP contribution in [0.4, 0.5) is 8.78 Å². The Bertz CT molecular complexity index is 963. The molecule has 0 aliphatic heterocycles. The summed E-state index contributed by atoms with van der Waals surface area (Å²) >= 11 is 9.55. The highest BCUT2D eigenvalue weighted by Crippen LogP contribution is 2.37. The maximum Gasteiger partial charge on any atom is 0.175 e. The molecule has 0 atom stereocenters. The normalized spacial score (nSPS) is 10.8. The summed E-state index contributed by atoms with van der Waals surface area (Å²) < 4.78 is 38.9. The molecular formula is C22H19BrClF2NO2. The molecular weight excluding hydrogens is 464 g/mol. The van der Waals surface area contributed by atoms with Crippen LogP contribution in [0.15, 0.2) is 59.1 Å². The van der Waals surface area contributed by atoms with Gasteiger partial charge in [0.15, 0.2) is 11.5 Å². The summed E-state index contributed by atoms with van der Waals surface area (Å²) in [6.45, 7) is 1.15. The SMILES string of the molecule is COc1cc(CNCc2ccc(F)cc2)cc(Br)c1OCc1c(F)cccc1Cl. The van der Waals surface area contributed by atoms with Crippen LogP contribution in [0.3, 0.4) is 0 Å². The lowest BCUT2D eigenvalue weighted by Crippen LogP contribution is -2.13.